The molecule has 0 atom stereocenters. The summed E-state index contributed by atoms with van der Waals surface area (Å²) < 4.78 is 16.0. The molecule has 31 heavy (non-hydrogen) atoms. The molecule has 0 saturated carbocycles. The van der Waals surface area contributed by atoms with Crippen molar-refractivity contribution < 1.29 is 28.3 Å². The van der Waals surface area contributed by atoms with Gasteiger partial charge in [-0.15, -0.1) is 0 Å². The molecule has 0 aliphatic heterocycles. The lowest BCUT2D eigenvalue weighted by Gasteiger charge is -2.06. The molecule has 1 amide bonds. The number of furan rings is 1. The molecule has 0 bridgehead atoms. The lowest BCUT2D eigenvalue weighted by atomic mass is 10.1. The molecule has 1 aromatic heterocycles. The Morgan fingerprint density at radius 2 is 1.77 bits per heavy atom. The average molecular weight is 423 g/mol. The fraction of sp³-hybridized carbons (Fsp3) is 0.292. The Labute approximate surface area is 180 Å². The van der Waals surface area contributed by atoms with Crippen LogP contribution in [0.4, 0.5) is 0 Å². The first-order chi connectivity index (χ1) is 15.0. The number of ether oxygens (including phenoxy) is 2. The molecule has 7 nitrogen and oxygen atoms in total. The van der Waals surface area contributed by atoms with Crippen molar-refractivity contribution in [3.8, 4) is 0 Å². The van der Waals surface area contributed by atoms with Gasteiger partial charge in [-0.05, 0) is 24.5 Å². The van der Waals surface area contributed by atoms with Crippen LogP contribution in [0.3, 0.4) is 0 Å². The minimum Gasteiger partial charge on any atom is -0.451 e. The second kappa shape index (κ2) is 10.5. The van der Waals surface area contributed by atoms with E-state index in [9.17, 15) is 14.4 Å². The third-order valence-electron chi connectivity index (χ3n) is 4.80. The second-order valence-corrected chi connectivity index (χ2v) is 7.12. The predicted octanol–water partition coefficient (Wildman–Crippen LogP) is 3.69. The number of carbonyl (C=O) groups excluding carboxylic acids is 3. The van der Waals surface area contributed by atoms with Crippen LogP contribution >= 0.6 is 0 Å². The van der Waals surface area contributed by atoms with Gasteiger partial charge in [-0.1, -0.05) is 42.5 Å². The summed E-state index contributed by atoms with van der Waals surface area (Å²) in [6.07, 6.45) is 1.60. The van der Waals surface area contributed by atoms with Gasteiger partial charge in [-0.3, -0.25) is 9.59 Å². The van der Waals surface area contributed by atoms with Gasteiger partial charge in [0.15, 0.2) is 12.4 Å². The zero-order valence-electron chi connectivity index (χ0n) is 17.6. The van der Waals surface area contributed by atoms with Gasteiger partial charge in [0.1, 0.15) is 5.58 Å². The van der Waals surface area contributed by atoms with E-state index in [1.807, 2.05) is 30.3 Å². The Bertz CT molecular complexity index is 1070. The zero-order chi connectivity index (χ0) is 22.2. The Balaban J connectivity index is 1.58. The lowest BCUT2D eigenvalue weighted by Crippen LogP contribution is -2.21. The standard InChI is InChI=1S/C24H25NO6/c1-16(26)25-13-5-6-17-9-11-18(12-10-17)21(27)15-30-24(28)23-20(14-29-2)19-7-3-4-8-22(19)31-23/h3-4,7-12H,5-6,13-15H2,1-2H3,(H,25,26). The van der Waals surface area contributed by atoms with E-state index in [4.69, 9.17) is 13.9 Å². The molecular weight excluding hydrogens is 398 g/mol. The van der Waals surface area contributed by atoms with Crippen molar-refractivity contribution in [3.63, 3.8) is 0 Å². The molecule has 2 aromatic carbocycles. The van der Waals surface area contributed by atoms with Crippen molar-refractivity contribution in [1.29, 1.82) is 0 Å². The molecule has 0 spiro atoms. The van der Waals surface area contributed by atoms with Crippen molar-refractivity contribution in [2.45, 2.75) is 26.4 Å². The monoisotopic (exact) mass is 423 g/mol. The summed E-state index contributed by atoms with van der Waals surface area (Å²) in [5.74, 6) is -1.01. The molecule has 1 N–H and O–H groups in total. The Morgan fingerprint density at radius 3 is 2.48 bits per heavy atom. The molecule has 0 saturated heterocycles. The number of ketones is 1. The highest BCUT2D eigenvalue weighted by molar-refractivity contribution is 6.00. The Morgan fingerprint density at radius 1 is 1.03 bits per heavy atom. The molecule has 0 aliphatic carbocycles. The van der Waals surface area contributed by atoms with E-state index in [2.05, 4.69) is 5.32 Å². The number of nitrogens with one attached hydrogen (secondary N) is 1. The maximum Gasteiger partial charge on any atom is 0.375 e. The number of carbonyl (C=O) groups is 3. The maximum atomic E-state index is 12.5. The summed E-state index contributed by atoms with van der Waals surface area (Å²) >= 11 is 0. The third kappa shape index (κ3) is 5.79. The van der Waals surface area contributed by atoms with Crippen LogP contribution in [0.5, 0.6) is 0 Å². The van der Waals surface area contributed by atoms with E-state index >= 15 is 0 Å². The number of methoxy groups -OCH3 is 1. The predicted molar refractivity (Wildman–Crippen MR) is 115 cm³/mol. The fourth-order valence-corrected chi connectivity index (χ4v) is 3.25. The molecule has 0 fully saturated rings. The average Bonchev–Trinajstić information content (AvgIpc) is 3.14. The highest BCUT2D eigenvalue weighted by Crippen LogP contribution is 2.27. The number of fused-ring (bicyclic) bond motifs is 1. The number of benzene rings is 2. The highest BCUT2D eigenvalue weighted by atomic mass is 16.5. The van der Waals surface area contributed by atoms with E-state index in [-0.39, 0.29) is 30.7 Å². The normalized spacial score (nSPS) is 10.8. The van der Waals surface area contributed by atoms with Crippen LogP contribution in [0.2, 0.25) is 0 Å². The number of amides is 1. The van der Waals surface area contributed by atoms with Gasteiger partial charge in [-0.2, -0.15) is 0 Å². The van der Waals surface area contributed by atoms with Crippen LogP contribution in [0, 0.1) is 0 Å². The first-order valence-corrected chi connectivity index (χ1v) is 10.0. The molecular formula is C24H25NO6. The van der Waals surface area contributed by atoms with Crippen LogP contribution in [-0.4, -0.2) is 37.9 Å². The lowest BCUT2D eigenvalue weighted by molar-refractivity contribution is -0.118. The largest absolute Gasteiger partial charge is 0.451 e. The number of aryl methyl sites for hydroxylation is 1. The maximum absolute atomic E-state index is 12.5. The quantitative estimate of drug-likeness (QED) is 0.304. The van der Waals surface area contributed by atoms with Crippen molar-refractivity contribution in [2.75, 3.05) is 20.3 Å². The molecule has 1 heterocycles. The van der Waals surface area contributed by atoms with Gasteiger partial charge in [0.25, 0.3) is 0 Å². The van der Waals surface area contributed by atoms with Gasteiger partial charge < -0.3 is 19.2 Å². The number of Topliss-reactive ketones (excluding diaryl/α,β-unsaturated/α-hetero) is 1. The number of hydrogen-bond acceptors (Lipinski definition) is 6. The number of hydrogen-bond donors (Lipinski definition) is 1. The molecule has 0 unspecified atom stereocenters. The van der Waals surface area contributed by atoms with E-state index in [0.717, 1.165) is 23.8 Å². The van der Waals surface area contributed by atoms with Gasteiger partial charge in [-0.25, -0.2) is 4.79 Å². The molecule has 0 radical (unpaired) electrons. The molecule has 162 valence electrons. The number of rotatable bonds is 10. The van der Waals surface area contributed by atoms with Crippen molar-refractivity contribution in [1.82, 2.24) is 5.32 Å². The number of para-hydroxylation sites is 1. The van der Waals surface area contributed by atoms with Gasteiger partial charge in [0, 0.05) is 37.1 Å². The second-order valence-electron chi connectivity index (χ2n) is 7.12. The fourth-order valence-electron chi connectivity index (χ4n) is 3.25. The van der Waals surface area contributed by atoms with E-state index in [1.165, 1.54) is 14.0 Å². The van der Waals surface area contributed by atoms with Crippen LogP contribution in [0.25, 0.3) is 11.0 Å². The van der Waals surface area contributed by atoms with Gasteiger partial charge >= 0.3 is 5.97 Å². The first-order valence-electron chi connectivity index (χ1n) is 10.0. The minimum atomic E-state index is -0.703. The number of esters is 1. The van der Waals surface area contributed by atoms with Gasteiger partial charge in [0.2, 0.25) is 11.7 Å². The summed E-state index contributed by atoms with van der Waals surface area (Å²) in [6.45, 7) is 1.90. The van der Waals surface area contributed by atoms with E-state index < -0.39 is 5.97 Å². The van der Waals surface area contributed by atoms with Crippen LogP contribution in [-0.2, 0) is 27.3 Å². The van der Waals surface area contributed by atoms with Crippen LogP contribution in [0.1, 0.15) is 45.4 Å². The van der Waals surface area contributed by atoms with Crippen molar-refractivity contribution in [2.24, 2.45) is 0 Å². The smallest absolute Gasteiger partial charge is 0.375 e. The molecule has 3 aromatic rings. The molecule has 7 heteroatoms. The summed E-state index contributed by atoms with van der Waals surface area (Å²) in [7, 11) is 1.53. The molecule has 3 rings (SSSR count). The third-order valence-corrected chi connectivity index (χ3v) is 4.80. The van der Waals surface area contributed by atoms with Crippen LogP contribution < -0.4 is 5.32 Å². The minimum absolute atomic E-state index is 0.0466. The van der Waals surface area contributed by atoms with E-state index in [1.54, 1.807) is 18.2 Å². The summed E-state index contributed by atoms with van der Waals surface area (Å²) in [6, 6.07) is 14.4. The van der Waals surface area contributed by atoms with E-state index in [0.29, 0.717) is 23.3 Å². The summed E-state index contributed by atoms with van der Waals surface area (Å²) in [4.78, 5) is 35.8. The van der Waals surface area contributed by atoms with Gasteiger partial charge in [0.05, 0.1) is 6.61 Å². The summed E-state index contributed by atoms with van der Waals surface area (Å²) in [5, 5.41) is 3.52. The SMILES string of the molecule is COCc1c(C(=O)OCC(=O)c2ccc(CCCNC(C)=O)cc2)oc2ccccc12. The molecule has 0 aliphatic rings. The Hall–Kier alpha value is -3.45. The van der Waals surface area contributed by atoms with Crippen molar-refractivity contribution >= 4 is 28.6 Å². The van der Waals surface area contributed by atoms with Crippen molar-refractivity contribution in [3.05, 3.63) is 71.0 Å². The first kappa shape index (κ1) is 22.2. The topological polar surface area (TPSA) is 94.8 Å². The summed E-state index contributed by atoms with van der Waals surface area (Å²) in [5.41, 5.74) is 2.67. The highest BCUT2D eigenvalue weighted by Gasteiger charge is 2.22. The Kier molecular flexibility index (Phi) is 7.56. The van der Waals surface area contributed by atoms with Crippen LogP contribution in [0.15, 0.2) is 52.9 Å². The zero-order valence-corrected chi connectivity index (χ0v) is 17.6.